The number of rotatable bonds is 6. The summed E-state index contributed by atoms with van der Waals surface area (Å²) < 4.78 is 1.95. The van der Waals surface area contributed by atoms with Gasteiger partial charge in [-0.05, 0) is 119 Å². The van der Waals surface area contributed by atoms with Crippen molar-refractivity contribution in [1.29, 1.82) is 0 Å². The van der Waals surface area contributed by atoms with Crippen molar-refractivity contribution in [2.75, 3.05) is 5.32 Å². The Balaban J connectivity index is 1.60. The van der Waals surface area contributed by atoms with Gasteiger partial charge in [-0.2, -0.15) is 4.80 Å². The van der Waals surface area contributed by atoms with Gasteiger partial charge >= 0.3 is 0 Å². The molecule has 5 nitrogen and oxygen atoms in total. The fourth-order valence-corrected chi connectivity index (χ4v) is 4.43. The third-order valence-electron chi connectivity index (χ3n) is 5.13. The summed E-state index contributed by atoms with van der Waals surface area (Å²) in [6.45, 7) is 4.17. The maximum absolute atomic E-state index is 12.8. The van der Waals surface area contributed by atoms with Crippen molar-refractivity contribution < 1.29 is 4.79 Å². The van der Waals surface area contributed by atoms with Gasteiger partial charge in [-0.25, -0.2) is 0 Å². The highest BCUT2D eigenvalue weighted by atomic mass is 127. The average Bonchev–Trinajstić information content (AvgIpc) is 3.17. The number of nitrogens with zero attached hydrogens (tertiary/aromatic N) is 3. The number of aromatic nitrogens is 3. The fourth-order valence-electron chi connectivity index (χ4n) is 3.36. The van der Waals surface area contributed by atoms with Gasteiger partial charge in [0.15, 0.2) is 0 Å². The number of halogens is 2. The van der Waals surface area contributed by atoms with E-state index in [0.29, 0.717) is 5.56 Å². The molecule has 0 spiro atoms. The molecule has 0 aliphatic carbocycles. The van der Waals surface area contributed by atoms with E-state index in [9.17, 15) is 4.79 Å². The molecule has 1 heterocycles. The lowest BCUT2D eigenvalue weighted by molar-refractivity contribution is 0.102. The van der Waals surface area contributed by atoms with Gasteiger partial charge in [-0.1, -0.05) is 25.5 Å². The van der Waals surface area contributed by atoms with Crippen molar-refractivity contribution in [3.05, 3.63) is 78.4 Å². The maximum atomic E-state index is 12.8. The first-order valence-electron chi connectivity index (χ1n) is 10.2. The van der Waals surface area contributed by atoms with Gasteiger partial charge in [0, 0.05) is 12.8 Å². The molecule has 4 aromatic rings. The van der Waals surface area contributed by atoms with Crippen molar-refractivity contribution in [2.24, 2.45) is 0 Å². The van der Waals surface area contributed by atoms with Crippen LogP contribution in [-0.4, -0.2) is 20.9 Å². The van der Waals surface area contributed by atoms with Crippen LogP contribution >= 0.6 is 45.2 Å². The summed E-state index contributed by atoms with van der Waals surface area (Å²) in [5.74, 6) is -0.125. The zero-order chi connectivity index (χ0) is 22.0. The highest BCUT2D eigenvalue weighted by Gasteiger charge is 2.14. The van der Waals surface area contributed by atoms with E-state index in [-0.39, 0.29) is 5.91 Å². The van der Waals surface area contributed by atoms with Crippen LogP contribution in [-0.2, 0) is 6.42 Å². The molecule has 0 fully saturated rings. The minimum absolute atomic E-state index is 0.125. The summed E-state index contributed by atoms with van der Waals surface area (Å²) in [6, 6.07) is 18.1. The third-order valence-corrected chi connectivity index (χ3v) is 6.75. The van der Waals surface area contributed by atoms with Crippen LogP contribution in [0.5, 0.6) is 0 Å². The molecular formula is C24H22I2N4O. The third kappa shape index (κ3) is 5.08. The van der Waals surface area contributed by atoms with E-state index in [1.54, 1.807) is 4.80 Å². The molecule has 0 unspecified atom stereocenters. The molecule has 31 heavy (non-hydrogen) atoms. The van der Waals surface area contributed by atoms with Crippen molar-refractivity contribution in [3.8, 4) is 5.69 Å². The lowest BCUT2D eigenvalue weighted by Crippen LogP contribution is -2.14. The highest BCUT2D eigenvalue weighted by Crippen LogP contribution is 2.24. The number of amides is 1. The Morgan fingerprint density at radius 3 is 2.42 bits per heavy atom. The predicted octanol–water partition coefficient (Wildman–Crippen LogP) is 6.53. The fraction of sp³-hybridized carbons (Fsp3) is 0.208. The Kier molecular flexibility index (Phi) is 6.90. The molecule has 4 rings (SSSR count). The maximum Gasteiger partial charge on any atom is 0.256 e. The van der Waals surface area contributed by atoms with Gasteiger partial charge in [0.25, 0.3) is 5.91 Å². The van der Waals surface area contributed by atoms with E-state index < -0.39 is 0 Å². The van der Waals surface area contributed by atoms with Gasteiger partial charge in [0.1, 0.15) is 11.0 Å². The highest BCUT2D eigenvalue weighted by molar-refractivity contribution is 14.1. The summed E-state index contributed by atoms with van der Waals surface area (Å²) in [6.07, 6.45) is 3.47. The number of anilines is 1. The average molecular weight is 636 g/mol. The number of aryl methyl sites for hydroxylation is 2. The number of hydrogen-bond acceptors (Lipinski definition) is 3. The Hall–Kier alpha value is -2.01. The lowest BCUT2D eigenvalue weighted by atomic mass is 10.1. The van der Waals surface area contributed by atoms with E-state index in [2.05, 4.69) is 91.9 Å². The second-order valence-corrected chi connectivity index (χ2v) is 9.90. The molecule has 0 saturated carbocycles. The van der Waals surface area contributed by atoms with Gasteiger partial charge in [0.2, 0.25) is 0 Å². The van der Waals surface area contributed by atoms with E-state index in [4.69, 9.17) is 0 Å². The Labute approximate surface area is 208 Å². The summed E-state index contributed by atoms with van der Waals surface area (Å²) in [5.41, 5.74) is 6.15. The van der Waals surface area contributed by atoms with Crippen LogP contribution < -0.4 is 5.32 Å². The molecule has 3 aromatic carbocycles. The summed E-state index contributed by atoms with van der Waals surface area (Å²) in [4.78, 5) is 14.5. The van der Waals surface area contributed by atoms with E-state index in [1.807, 2.05) is 37.3 Å². The van der Waals surface area contributed by atoms with Crippen LogP contribution in [0.4, 0.5) is 5.69 Å². The number of unbranched alkanes of at least 4 members (excludes halogenated alkanes) is 1. The van der Waals surface area contributed by atoms with Crippen molar-refractivity contribution in [1.82, 2.24) is 15.0 Å². The molecule has 0 atom stereocenters. The molecule has 1 amide bonds. The van der Waals surface area contributed by atoms with E-state index in [0.717, 1.165) is 41.5 Å². The van der Waals surface area contributed by atoms with E-state index in [1.165, 1.54) is 18.4 Å². The molecule has 0 saturated heterocycles. The number of carbonyl (C=O) groups is 1. The molecule has 1 N–H and O–H groups in total. The van der Waals surface area contributed by atoms with Crippen molar-refractivity contribution >= 4 is 67.8 Å². The van der Waals surface area contributed by atoms with Crippen LogP contribution in [0.25, 0.3) is 16.7 Å². The summed E-state index contributed by atoms with van der Waals surface area (Å²) in [5, 5.41) is 12.3. The minimum Gasteiger partial charge on any atom is -0.322 e. The van der Waals surface area contributed by atoms with Crippen LogP contribution in [0.1, 0.15) is 41.3 Å². The summed E-state index contributed by atoms with van der Waals surface area (Å²) >= 11 is 4.40. The standard InChI is InChI=1S/C24H22I2N4O/c1-3-4-5-16-6-9-18(10-7-16)30-28-22-12-15(2)21(14-23(22)29-30)27-24(31)19-13-17(25)8-11-20(19)26/h6-14H,3-5H2,1-2H3,(H,27,31). The first-order valence-corrected chi connectivity index (χ1v) is 12.3. The van der Waals surface area contributed by atoms with Crippen LogP contribution in [0.3, 0.4) is 0 Å². The quantitative estimate of drug-likeness (QED) is 0.245. The van der Waals surface area contributed by atoms with Gasteiger partial charge < -0.3 is 5.32 Å². The van der Waals surface area contributed by atoms with Crippen LogP contribution in [0.2, 0.25) is 0 Å². The van der Waals surface area contributed by atoms with Crippen molar-refractivity contribution in [2.45, 2.75) is 33.1 Å². The Morgan fingerprint density at radius 1 is 1.00 bits per heavy atom. The molecule has 7 heteroatoms. The second kappa shape index (κ2) is 9.64. The smallest absolute Gasteiger partial charge is 0.256 e. The normalized spacial score (nSPS) is 11.1. The van der Waals surface area contributed by atoms with Crippen LogP contribution in [0.15, 0.2) is 54.6 Å². The monoisotopic (exact) mass is 636 g/mol. The molecule has 158 valence electrons. The molecule has 1 aromatic heterocycles. The number of carbonyl (C=O) groups excluding carboxylic acids is 1. The molecule has 0 radical (unpaired) electrons. The summed E-state index contributed by atoms with van der Waals surface area (Å²) in [7, 11) is 0. The first kappa shape index (κ1) is 22.2. The number of benzene rings is 3. The zero-order valence-corrected chi connectivity index (χ0v) is 21.6. The number of nitrogens with one attached hydrogen (secondary N) is 1. The van der Waals surface area contributed by atoms with Gasteiger partial charge in [0.05, 0.1) is 11.3 Å². The molecule has 0 aliphatic heterocycles. The Bertz CT molecular complexity index is 1250. The number of fused-ring (bicyclic) bond motifs is 1. The molecule has 0 bridgehead atoms. The zero-order valence-electron chi connectivity index (χ0n) is 17.3. The molecule has 0 aliphatic rings. The SMILES string of the molecule is CCCCc1ccc(-n2nc3cc(C)c(NC(=O)c4cc(I)ccc4I)cc3n2)cc1. The minimum atomic E-state index is -0.125. The van der Waals surface area contributed by atoms with Crippen LogP contribution in [0, 0.1) is 14.1 Å². The molecular weight excluding hydrogens is 614 g/mol. The van der Waals surface area contributed by atoms with Crippen molar-refractivity contribution in [3.63, 3.8) is 0 Å². The second-order valence-electron chi connectivity index (χ2n) is 7.49. The topological polar surface area (TPSA) is 59.8 Å². The van der Waals surface area contributed by atoms with Gasteiger partial charge in [-0.3, -0.25) is 4.79 Å². The lowest BCUT2D eigenvalue weighted by Gasteiger charge is -2.10. The number of hydrogen-bond donors (Lipinski definition) is 1. The van der Waals surface area contributed by atoms with Gasteiger partial charge in [-0.15, -0.1) is 10.2 Å². The first-order chi connectivity index (χ1) is 14.9. The van der Waals surface area contributed by atoms with E-state index >= 15 is 0 Å². The predicted molar refractivity (Wildman–Crippen MR) is 142 cm³/mol. The largest absolute Gasteiger partial charge is 0.322 e. The Morgan fingerprint density at radius 2 is 1.71 bits per heavy atom.